The highest BCUT2D eigenvalue weighted by atomic mass is 32.2. The van der Waals surface area contributed by atoms with E-state index >= 15 is 0 Å². The molecule has 1 aromatic heterocycles. The van der Waals surface area contributed by atoms with Crippen molar-refractivity contribution in [2.24, 2.45) is 0 Å². The fourth-order valence-electron chi connectivity index (χ4n) is 4.68. The van der Waals surface area contributed by atoms with Gasteiger partial charge in [0.15, 0.2) is 0 Å². The summed E-state index contributed by atoms with van der Waals surface area (Å²) in [5.41, 5.74) is 5.38. The molecule has 0 bridgehead atoms. The number of nitrogens with one attached hydrogen (secondary N) is 1. The normalized spacial score (nSPS) is 18.6. The minimum Gasteiger partial charge on any atom is -0.313 e. The fraction of sp³-hybridized carbons (Fsp3) is 0.200. The van der Waals surface area contributed by atoms with Gasteiger partial charge in [0.25, 0.3) is 10.0 Å². The second-order valence-corrected chi connectivity index (χ2v) is 9.79. The number of rotatable bonds is 4. The van der Waals surface area contributed by atoms with Gasteiger partial charge in [-0.05, 0) is 55.3 Å². The van der Waals surface area contributed by atoms with Gasteiger partial charge in [-0.3, -0.25) is 0 Å². The Morgan fingerprint density at radius 3 is 2.27 bits per heavy atom. The van der Waals surface area contributed by atoms with Crippen LogP contribution in [0.3, 0.4) is 0 Å². The molecule has 1 aliphatic carbocycles. The summed E-state index contributed by atoms with van der Waals surface area (Å²) in [6.45, 7) is 1.95. The molecule has 1 heterocycles. The third-order valence-corrected chi connectivity index (χ3v) is 7.92. The molecule has 30 heavy (non-hydrogen) atoms. The zero-order valence-corrected chi connectivity index (χ0v) is 17.9. The quantitative estimate of drug-likeness (QED) is 0.510. The van der Waals surface area contributed by atoms with E-state index in [1.54, 1.807) is 12.1 Å². The van der Waals surface area contributed by atoms with Crippen molar-refractivity contribution in [2.75, 3.05) is 7.05 Å². The predicted octanol–water partition coefficient (Wildman–Crippen LogP) is 4.98. The van der Waals surface area contributed by atoms with E-state index in [1.807, 2.05) is 56.6 Å². The molecule has 0 saturated carbocycles. The summed E-state index contributed by atoms with van der Waals surface area (Å²) in [7, 11) is -1.71. The number of benzene rings is 3. The van der Waals surface area contributed by atoms with Gasteiger partial charge in [0.1, 0.15) is 0 Å². The first-order valence-electron chi connectivity index (χ1n) is 10.2. The molecule has 1 aliphatic rings. The van der Waals surface area contributed by atoms with Gasteiger partial charge in [-0.2, -0.15) is 0 Å². The molecule has 0 aliphatic heterocycles. The summed E-state index contributed by atoms with van der Waals surface area (Å²) < 4.78 is 28.5. The number of aryl methyl sites for hydroxylation is 1. The SMILES string of the molecule is CNC1CC(c2cn(S(=O)(=O)c3ccc(C)cc3)c3ccccc23)c2ccccc21. The standard InChI is InChI=1S/C25H24N2O2S/c1-17-11-13-18(14-12-17)30(28,29)27-16-23(21-9-5-6-10-25(21)27)22-15-24(26-2)20-8-4-3-7-19(20)22/h3-14,16,22,24,26H,15H2,1-2H3. The highest BCUT2D eigenvalue weighted by Gasteiger charge is 2.33. The van der Waals surface area contributed by atoms with E-state index < -0.39 is 10.0 Å². The summed E-state index contributed by atoms with van der Waals surface area (Å²) in [6, 6.07) is 23.6. The molecule has 2 atom stereocenters. The second kappa shape index (κ2) is 7.11. The van der Waals surface area contributed by atoms with Crippen LogP contribution in [-0.2, 0) is 10.0 Å². The van der Waals surface area contributed by atoms with Crippen molar-refractivity contribution < 1.29 is 8.42 Å². The average molecular weight is 417 g/mol. The van der Waals surface area contributed by atoms with Gasteiger partial charge in [0.05, 0.1) is 10.4 Å². The fourth-order valence-corrected chi connectivity index (χ4v) is 6.06. The Bertz CT molecular complexity index is 1340. The Hall–Kier alpha value is -2.89. The Labute approximate surface area is 177 Å². The van der Waals surface area contributed by atoms with Crippen LogP contribution in [0.25, 0.3) is 10.9 Å². The maximum atomic E-state index is 13.5. The number of para-hydroxylation sites is 1. The van der Waals surface area contributed by atoms with Crippen LogP contribution < -0.4 is 5.32 Å². The monoisotopic (exact) mass is 416 g/mol. The molecule has 5 heteroatoms. The summed E-state index contributed by atoms with van der Waals surface area (Å²) in [5, 5.41) is 4.40. The molecule has 0 saturated heterocycles. The smallest absolute Gasteiger partial charge is 0.268 e. The molecule has 152 valence electrons. The molecule has 4 aromatic rings. The first-order valence-corrected chi connectivity index (χ1v) is 11.6. The summed E-state index contributed by atoms with van der Waals surface area (Å²) in [5.74, 6) is 0.151. The lowest BCUT2D eigenvalue weighted by molar-refractivity contribution is 0.565. The topological polar surface area (TPSA) is 51.1 Å². The van der Waals surface area contributed by atoms with Gasteiger partial charge in [0.2, 0.25) is 0 Å². The van der Waals surface area contributed by atoms with Crippen LogP contribution in [0.15, 0.2) is 83.9 Å². The maximum Gasteiger partial charge on any atom is 0.268 e. The van der Waals surface area contributed by atoms with E-state index in [1.165, 1.54) is 15.1 Å². The molecule has 5 rings (SSSR count). The van der Waals surface area contributed by atoms with E-state index in [0.29, 0.717) is 4.90 Å². The van der Waals surface area contributed by atoms with E-state index in [2.05, 4.69) is 29.6 Å². The number of hydrogen-bond donors (Lipinski definition) is 1. The molecule has 0 radical (unpaired) electrons. The number of hydrogen-bond acceptors (Lipinski definition) is 3. The largest absolute Gasteiger partial charge is 0.313 e. The van der Waals surface area contributed by atoms with Gasteiger partial charge in [-0.1, -0.05) is 60.2 Å². The summed E-state index contributed by atoms with van der Waals surface area (Å²) >= 11 is 0. The van der Waals surface area contributed by atoms with E-state index in [-0.39, 0.29) is 12.0 Å². The van der Waals surface area contributed by atoms with Crippen molar-refractivity contribution in [1.29, 1.82) is 0 Å². The van der Waals surface area contributed by atoms with Crippen LogP contribution in [0.4, 0.5) is 0 Å². The highest BCUT2D eigenvalue weighted by Crippen LogP contribution is 2.46. The summed E-state index contributed by atoms with van der Waals surface area (Å²) in [6.07, 6.45) is 2.74. The minimum atomic E-state index is -3.69. The van der Waals surface area contributed by atoms with Crippen molar-refractivity contribution in [3.8, 4) is 0 Å². The minimum absolute atomic E-state index is 0.151. The van der Waals surface area contributed by atoms with Gasteiger partial charge >= 0.3 is 0 Å². The van der Waals surface area contributed by atoms with Crippen LogP contribution in [0.1, 0.15) is 40.6 Å². The highest BCUT2D eigenvalue weighted by molar-refractivity contribution is 7.90. The maximum absolute atomic E-state index is 13.5. The van der Waals surface area contributed by atoms with Crippen LogP contribution in [0.5, 0.6) is 0 Å². The average Bonchev–Trinajstić information content (AvgIpc) is 3.33. The molecule has 1 N–H and O–H groups in total. The zero-order chi connectivity index (χ0) is 20.9. The molecule has 0 amide bonds. The van der Waals surface area contributed by atoms with Gasteiger partial charge in [0, 0.05) is 23.5 Å². The van der Waals surface area contributed by atoms with Crippen LogP contribution in [-0.4, -0.2) is 19.4 Å². The lowest BCUT2D eigenvalue weighted by Crippen LogP contribution is -2.13. The Balaban J connectivity index is 1.71. The molecule has 0 fully saturated rings. The lowest BCUT2D eigenvalue weighted by Gasteiger charge is -2.11. The van der Waals surface area contributed by atoms with E-state index in [4.69, 9.17) is 0 Å². The van der Waals surface area contributed by atoms with Gasteiger partial charge in [-0.25, -0.2) is 12.4 Å². The third-order valence-electron chi connectivity index (χ3n) is 6.23. The molecule has 3 aromatic carbocycles. The molecule has 0 spiro atoms. The van der Waals surface area contributed by atoms with Crippen LogP contribution in [0, 0.1) is 6.92 Å². The second-order valence-electron chi connectivity index (χ2n) is 7.97. The van der Waals surface area contributed by atoms with E-state index in [9.17, 15) is 8.42 Å². The predicted molar refractivity (Wildman–Crippen MR) is 120 cm³/mol. The summed E-state index contributed by atoms with van der Waals surface area (Å²) in [4.78, 5) is 0.306. The third kappa shape index (κ3) is 2.89. The van der Waals surface area contributed by atoms with Crippen molar-refractivity contribution in [2.45, 2.75) is 30.2 Å². The van der Waals surface area contributed by atoms with E-state index in [0.717, 1.165) is 28.5 Å². The first kappa shape index (κ1) is 19.1. The number of fused-ring (bicyclic) bond motifs is 2. The van der Waals surface area contributed by atoms with Crippen LogP contribution in [0.2, 0.25) is 0 Å². The Morgan fingerprint density at radius 1 is 0.867 bits per heavy atom. The van der Waals surface area contributed by atoms with Crippen molar-refractivity contribution >= 4 is 20.9 Å². The number of aromatic nitrogens is 1. The van der Waals surface area contributed by atoms with Crippen molar-refractivity contribution in [3.05, 3.63) is 101 Å². The molecular weight excluding hydrogens is 392 g/mol. The van der Waals surface area contributed by atoms with Gasteiger partial charge in [-0.15, -0.1) is 0 Å². The van der Waals surface area contributed by atoms with Crippen LogP contribution >= 0.6 is 0 Å². The number of nitrogens with zero attached hydrogens (tertiary/aromatic N) is 1. The Kier molecular flexibility index (Phi) is 4.53. The van der Waals surface area contributed by atoms with Crippen molar-refractivity contribution in [3.63, 3.8) is 0 Å². The zero-order valence-electron chi connectivity index (χ0n) is 17.0. The molecule has 2 unspecified atom stereocenters. The molecular formula is C25H24N2O2S. The van der Waals surface area contributed by atoms with Gasteiger partial charge < -0.3 is 5.32 Å². The lowest BCUT2D eigenvalue weighted by atomic mass is 9.93. The molecule has 4 nitrogen and oxygen atoms in total. The Morgan fingerprint density at radius 2 is 1.53 bits per heavy atom. The first-order chi connectivity index (χ1) is 14.5. The van der Waals surface area contributed by atoms with Crippen molar-refractivity contribution in [1.82, 2.24) is 9.29 Å².